The van der Waals surface area contributed by atoms with Gasteiger partial charge in [-0.05, 0) is 36.1 Å². The lowest BCUT2D eigenvalue weighted by atomic mass is 9.97. The molecule has 1 aliphatic carbocycles. The van der Waals surface area contributed by atoms with E-state index in [1.54, 1.807) is 6.07 Å². The summed E-state index contributed by atoms with van der Waals surface area (Å²) >= 11 is 0. The van der Waals surface area contributed by atoms with Crippen LogP contribution in [0, 0.1) is 11.8 Å². The Morgan fingerprint density at radius 1 is 1.12 bits per heavy atom. The molecule has 0 saturated heterocycles. The van der Waals surface area contributed by atoms with E-state index >= 15 is 0 Å². The van der Waals surface area contributed by atoms with Crippen LogP contribution in [0.25, 0.3) is 0 Å². The van der Waals surface area contributed by atoms with Crippen molar-refractivity contribution >= 4 is 6.47 Å². The van der Waals surface area contributed by atoms with Crippen molar-refractivity contribution in [2.24, 2.45) is 0 Å². The number of rotatable bonds is 3. The molecule has 1 aromatic rings. The number of hydrogen-bond acceptors (Lipinski definition) is 3. The summed E-state index contributed by atoms with van der Waals surface area (Å²) in [7, 11) is 0. The van der Waals surface area contributed by atoms with Crippen LogP contribution >= 0.6 is 0 Å². The van der Waals surface area contributed by atoms with Crippen LogP contribution < -0.4 is 4.89 Å². The molecule has 0 N–H and O–H groups in total. The number of carbonyl (C=O) groups excluding carboxylic acids is 1. The van der Waals surface area contributed by atoms with E-state index in [1.165, 1.54) is 11.1 Å². The first-order valence-corrected chi connectivity index (χ1v) is 5.24. The molecule has 0 radical (unpaired) electrons. The topological polar surface area (TPSA) is 35.5 Å². The van der Waals surface area contributed by atoms with E-state index < -0.39 is 0 Å². The minimum atomic E-state index is 0.266. The number of benzene rings is 1. The van der Waals surface area contributed by atoms with Crippen LogP contribution in [0.15, 0.2) is 18.2 Å². The highest BCUT2D eigenvalue weighted by molar-refractivity contribution is 5.39. The SMILES string of the molecule is O=COOc1ccc2c(c1)CCC#CCC2. The largest absolute Gasteiger partial charge is 0.343 e. The Balaban J connectivity index is 2.18. The van der Waals surface area contributed by atoms with Crippen molar-refractivity contribution in [1.82, 2.24) is 0 Å². The van der Waals surface area contributed by atoms with Gasteiger partial charge >= 0.3 is 6.47 Å². The summed E-state index contributed by atoms with van der Waals surface area (Å²) in [4.78, 5) is 19.0. The van der Waals surface area contributed by atoms with Gasteiger partial charge in [-0.2, -0.15) is 0 Å². The first-order chi connectivity index (χ1) is 7.90. The van der Waals surface area contributed by atoms with Gasteiger partial charge in [0.1, 0.15) is 0 Å². The van der Waals surface area contributed by atoms with Crippen molar-refractivity contribution in [2.45, 2.75) is 25.7 Å². The predicted octanol–water partition coefficient (Wildman–Crippen LogP) is 2.04. The Hall–Kier alpha value is -1.95. The molecule has 1 aliphatic rings. The molecule has 0 bridgehead atoms. The Kier molecular flexibility index (Phi) is 3.45. The Bertz CT molecular complexity index is 440. The molecule has 0 amide bonds. The minimum Gasteiger partial charge on any atom is -0.287 e. The quantitative estimate of drug-likeness (QED) is 0.335. The number of hydrogen-bond donors (Lipinski definition) is 0. The molecule has 3 nitrogen and oxygen atoms in total. The van der Waals surface area contributed by atoms with Crippen LogP contribution in [0.1, 0.15) is 24.0 Å². The summed E-state index contributed by atoms with van der Waals surface area (Å²) in [6.07, 6.45) is 3.65. The van der Waals surface area contributed by atoms with E-state index in [1.807, 2.05) is 12.1 Å². The molecule has 0 spiro atoms. The molecule has 0 heterocycles. The van der Waals surface area contributed by atoms with Gasteiger partial charge < -0.3 is 0 Å². The standard InChI is InChI=1S/C13H12O3/c14-10-15-16-13-8-7-11-5-3-1-2-4-6-12(11)9-13/h7-10H,3-6H2. The summed E-state index contributed by atoms with van der Waals surface area (Å²) in [5.41, 5.74) is 2.52. The monoisotopic (exact) mass is 216 g/mol. The second-order valence-corrected chi connectivity index (χ2v) is 3.56. The zero-order valence-corrected chi connectivity index (χ0v) is 8.86. The highest BCUT2D eigenvalue weighted by Crippen LogP contribution is 2.21. The van der Waals surface area contributed by atoms with Gasteiger partial charge in [-0.15, -0.1) is 11.8 Å². The van der Waals surface area contributed by atoms with E-state index in [0.29, 0.717) is 5.75 Å². The van der Waals surface area contributed by atoms with Crippen molar-refractivity contribution < 1.29 is 14.6 Å². The maximum absolute atomic E-state index is 10.0. The van der Waals surface area contributed by atoms with E-state index in [0.717, 1.165) is 25.7 Å². The van der Waals surface area contributed by atoms with Gasteiger partial charge in [0.15, 0.2) is 5.75 Å². The highest BCUT2D eigenvalue weighted by Gasteiger charge is 2.06. The lowest BCUT2D eigenvalue weighted by Gasteiger charge is -2.10. The van der Waals surface area contributed by atoms with Gasteiger partial charge in [0.05, 0.1) is 0 Å². The lowest BCUT2D eigenvalue weighted by molar-refractivity contribution is -0.196. The van der Waals surface area contributed by atoms with Gasteiger partial charge in [0.2, 0.25) is 0 Å². The average molecular weight is 216 g/mol. The van der Waals surface area contributed by atoms with Gasteiger partial charge in [-0.3, -0.25) is 14.6 Å². The van der Waals surface area contributed by atoms with Gasteiger partial charge in [0.25, 0.3) is 0 Å². The predicted molar refractivity (Wildman–Crippen MR) is 58.6 cm³/mol. The zero-order chi connectivity index (χ0) is 11.2. The number of carbonyl (C=O) groups is 1. The molecule has 0 fully saturated rings. The molecule has 16 heavy (non-hydrogen) atoms. The molecular formula is C13H12O3. The molecule has 0 unspecified atom stereocenters. The fourth-order valence-corrected chi connectivity index (χ4v) is 1.78. The maximum atomic E-state index is 10.0. The third-order valence-corrected chi connectivity index (χ3v) is 2.53. The molecule has 3 heteroatoms. The van der Waals surface area contributed by atoms with E-state index in [-0.39, 0.29) is 6.47 Å². The van der Waals surface area contributed by atoms with Crippen molar-refractivity contribution in [1.29, 1.82) is 0 Å². The third kappa shape index (κ3) is 2.54. The summed E-state index contributed by atoms with van der Waals surface area (Å²) in [6.45, 7) is 0.266. The molecule has 1 aromatic carbocycles. The third-order valence-electron chi connectivity index (χ3n) is 2.53. The second-order valence-electron chi connectivity index (χ2n) is 3.56. The van der Waals surface area contributed by atoms with E-state index in [4.69, 9.17) is 4.89 Å². The minimum absolute atomic E-state index is 0.266. The Morgan fingerprint density at radius 2 is 1.88 bits per heavy atom. The molecule has 0 atom stereocenters. The van der Waals surface area contributed by atoms with Gasteiger partial charge in [-0.1, -0.05) is 6.07 Å². The van der Waals surface area contributed by atoms with E-state index in [9.17, 15) is 4.79 Å². The van der Waals surface area contributed by atoms with Gasteiger partial charge in [-0.25, -0.2) is 0 Å². The van der Waals surface area contributed by atoms with Crippen molar-refractivity contribution in [3.8, 4) is 17.6 Å². The lowest BCUT2D eigenvalue weighted by Crippen LogP contribution is -1.99. The first kappa shape index (κ1) is 10.6. The fourth-order valence-electron chi connectivity index (χ4n) is 1.78. The van der Waals surface area contributed by atoms with Crippen molar-refractivity contribution in [3.05, 3.63) is 29.3 Å². The molecule has 0 aliphatic heterocycles. The number of fused-ring (bicyclic) bond motifs is 1. The fraction of sp³-hybridized carbons (Fsp3) is 0.308. The maximum Gasteiger partial charge on any atom is 0.343 e. The molecule has 0 saturated carbocycles. The zero-order valence-electron chi connectivity index (χ0n) is 8.86. The smallest absolute Gasteiger partial charge is 0.287 e. The van der Waals surface area contributed by atoms with Crippen LogP contribution in [-0.2, 0) is 22.5 Å². The molecule has 2 rings (SSSR count). The highest BCUT2D eigenvalue weighted by atomic mass is 17.2. The average Bonchev–Trinajstić information content (AvgIpc) is 2.28. The summed E-state index contributed by atoms with van der Waals surface area (Å²) in [6, 6.07) is 5.72. The van der Waals surface area contributed by atoms with Gasteiger partial charge in [0, 0.05) is 12.8 Å². The number of aryl methyl sites for hydroxylation is 2. The summed E-state index contributed by atoms with van der Waals surface area (Å²) in [5.74, 6) is 6.79. The van der Waals surface area contributed by atoms with Crippen molar-refractivity contribution in [3.63, 3.8) is 0 Å². The molecular weight excluding hydrogens is 204 g/mol. The Labute approximate surface area is 94.3 Å². The van der Waals surface area contributed by atoms with Crippen molar-refractivity contribution in [2.75, 3.05) is 0 Å². The second kappa shape index (κ2) is 5.22. The summed E-state index contributed by atoms with van der Waals surface area (Å²) < 4.78 is 0. The van der Waals surface area contributed by atoms with Crippen LogP contribution in [-0.4, -0.2) is 6.47 Å². The van der Waals surface area contributed by atoms with E-state index in [2.05, 4.69) is 16.7 Å². The molecule has 0 aromatic heterocycles. The van der Waals surface area contributed by atoms with Crippen LogP contribution in [0.3, 0.4) is 0 Å². The normalized spacial score (nSPS) is 13.5. The van der Waals surface area contributed by atoms with Crippen LogP contribution in [0.5, 0.6) is 5.75 Å². The molecule has 82 valence electrons. The van der Waals surface area contributed by atoms with Crippen LogP contribution in [0.2, 0.25) is 0 Å². The summed E-state index contributed by atoms with van der Waals surface area (Å²) in [5, 5.41) is 0. The Morgan fingerprint density at radius 3 is 2.62 bits per heavy atom. The first-order valence-electron chi connectivity index (χ1n) is 5.24. The van der Waals surface area contributed by atoms with Crippen LogP contribution in [0.4, 0.5) is 0 Å².